The van der Waals surface area contributed by atoms with E-state index in [-0.39, 0.29) is 11.9 Å². The van der Waals surface area contributed by atoms with Crippen molar-refractivity contribution in [3.63, 3.8) is 0 Å². The fourth-order valence-electron chi connectivity index (χ4n) is 3.33. The van der Waals surface area contributed by atoms with E-state index in [0.717, 1.165) is 24.3 Å². The molecule has 2 saturated heterocycles. The van der Waals surface area contributed by atoms with Gasteiger partial charge in [0.05, 0.1) is 0 Å². The van der Waals surface area contributed by atoms with Crippen molar-refractivity contribution in [1.82, 2.24) is 10.2 Å². The highest BCUT2D eigenvalue weighted by molar-refractivity contribution is 6.16. The number of imide groups is 1. The van der Waals surface area contributed by atoms with Crippen LogP contribution in [0.2, 0.25) is 0 Å². The maximum atomic E-state index is 12.7. The van der Waals surface area contributed by atoms with Crippen LogP contribution in [0.3, 0.4) is 0 Å². The number of carbonyl (C=O) groups is 2. The summed E-state index contributed by atoms with van der Waals surface area (Å²) in [5.41, 5.74) is 2.43. The molecule has 0 radical (unpaired) electrons. The summed E-state index contributed by atoms with van der Waals surface area (Å²) in [6.07, 6.45) is 1.32. The average molecular weight is 287 g/mol. The van der Waals surface area contributed by atoms with Crippen molar-refractivity contribution in [3.8, 4) is 0 Å². The standard InChI is InChI=1S/C16H21N3O2/c1-11-4-5-13(10-12(11)2)19-15(21)18(3)14(20)16(19)6-8-17-9-7-16/h4-5,10,17H,6-9H2,1-3H3. The van der Waals surface area contributed by atoms with Crippen LogP contribution in [0, 0.1) is 13.8 Å². The van der Waals surface area contributed by atoms with Gasteiger partial charge < -0.3 is 5.32 Å². The van der Waals surface area contributed by atoms with Crippen LogP contribution in [-0.2, 0) is 4.79 Å². The molecule has 0 aliphatic carbocycles. The van der Waals surface area contributed by atoms with Gasteiger partial charge in [0.25, 0.3) is 5.91 Å². The summed E-state index contributed by atoms with van der Waals surface area (Å²) in [4.78, 5) is 28.2. The average Bonchev–Trinajstić information content (AvgIpc) is 2.65. The minimum absolute atomic E-state index is 0.0766. The SMILES string of the molecule is Cc1ccc(N2C(=O)N(C)C(=O)C23CCNCC3)cc1C. The highest BCUT2D eigenvalue weighted by atomic mass is 16.2. The summed E-state index contributed by atoms with van der Waals surface area (Å²) in [6, 6.07) is 5.74. The monoisotopic (exact) mass is 287 g/mol. The van der Waals surface area contributed by atoms with E-state index < -0.39 is 5.54 Å². The molecule has 5 nitrogen and oxygen atoms in total. The summed E-state index contributed by atoms with van der Waals surface area (Å²) in [5, 5.41) is 3.27. The molecule has 21 heavy (non-hydrogen) atoms. The van der Waals surface area contributed by atoms with Crippen molar-refractivity contribution >= 4 is 17.6 Å². The van der Waals surface area contributed by atoms with E-state index in [1.54, 1.807) is 11.9 Å². The van der Waals surface area contributed by atoms with Crippen LogP contribution in [0.5, 0.6) is 0 Å². The normalized spacial score (nSPS) is 21.5. The van der Waals surface area contributed by atoms with Gasteiger partial charge in [-0.25, -0.2) is 4.79 Å². The molecule has 0 atom stereocenters. The van der Waals surface area contributed by atoms with Crippen molar-refractivity contribution in [2.24, 2.45) is 0 Å². The van der Waals surface area contributed by atoms with Crippen LogP contribution in [0.15, 0.2) is 18.2 Å². The molecule has 1 spiro atoms. The number of aryl methyl sites for hydroxylation is 2. The van der Waals surface area contributed by atoms with Gasteiger partial charge in [0, 0.05) is 12.7 Å². The number of nitrogens with zero attached hydrogens (tertiary/aromatic N) is 2. The molecular weight excluding hydrogens is 266 g/mol. The predicted octanol–water partition coefficient (Wildman–Crippen LogP) is 1.82. The molecule has 0 unspecified atom stereocenters. The lowest BCUT2D eigenvalue weighted by molar-refractivity contribution is -0.130. The minimum Gasteiger partial charge on any atom is -0.317 e. The number of piperidine rings is 1. The van der Waals surface area contributed by atoms with Gasteiger partial charge >= 0.3 is 6.03 Å². The van der Waals surface area contributed by atoms with Gasteiger partial charge in [0.15, 0.2) is 0 Å². The highest BCUT2D eigenvalue weighted by Crippen LogP contribution is 2.39. The van der Waals surface area contributed by atoms with Gasteiger partial charge in [-0.15, -0.1) is 0 Å². The Morgan fingerprint density at radius 3 is 2.38 bits per heavy atom. The molecule has 5 heteroatoms. The number of hydrogen-bond donors (Lipinski definition) is 1. The number of rotatable bonds is 1. The van der Waals surface area contributed by atoms with Crippen molar-refractivity contribution in [3.05, 3.63) is 29.3 Å². The molecular formula is C16H21N3O2. The largest absolute Gasteiger partial charge is 0.331 e. The zero-order valence-electron chi connectivity index (χ0n) is 12.8. The number of carbonyl (C=O) groups excluding carboxylic acids is 2. The van der Waals surface area contributed by atoms with E-state index >= 15 is 0 Å². The fourth-order valence-corrected chi connectivity index (χ4v) is 3.33. The van der Waals surface area contributed by atoms with E-state index in [1.807, 2.05) is 32.0 Å². The van der Waals surface area contributed by atoms with Crippen LogP contribution in [0.4, 0.5) is 10.5 Å². The van der Waals surface area contributed by atoms with Crippen molar-refractivity contribution < 1.29 is 9.59 Å². The molecule has 0 saturated carbocycles. The Bertz CT molecular complexity index is 606. The smallest absolute Gasteiger partial charge is 0.317 e. The van der Waals surface area contributed by atoms with E-state index in [0.29, 0.717) is 12.8 Å². The first-order valence-corrected chi connectivity index (χ1v) is 7.38. The third kappa shape index (κ3) is 1.95. The van der Waals surface area contributed by atoms with Crippen molar-refractivity contribution in [2.45, 2.75) is 32.2 Å². The molecule has 2 aliphatic rings. The maximum absolute atomic E-state index is 12.7. The molecule has 3 amide bonds. The topological polar surface area (TPSA) is 52.7 Å². The Balaban J connectivity index is 2.10. The van der Waals surface area contributed by atoms with Gasteiger partial charge in [-0.3, -0.25) is 14.6 Å². The summed E-state index contributed by atoms with van der Waals surface area (Å²) in [5.74, 6) is -0.0766. The highest BCUT2D eigenvalue weighted by Gasteiger charge is 2.56. The lowest BCUT2D eigenvalue weighted by Gasteiger charge is -2.38. The molecule has 1 aromatic carbocycles. The number of likely N-dealkylation sites (N-methyl/N-ethyl adjacent to an activating group) is 1. The number of benzene rings is 1. The first-order valence-electron chi connectivity index (χ1n) is 7.38. The van der Waals surface area contributed by atoms with Gasteiger partial charge in [-0.2, -0.15) is 0 Å². The molecule has 2 fully saturated rings. The molecule has 1 N–H and O–H groups in total. The lowest BCUT2D eigenvalue weighted by Crippen LogP contribution is -2.56. The van der Waals surface area contributed by atoms with E-state index in [1.165, 1.54) is 10.5 Å². The zero-order chi connectivity index (χ0) is 15.2. The minimum atomic E-state index is -0.710. The second-order valence-electron chi connectivity index (χ2n) is 6.03. The quantitative estimate of drug-likeness (QED) is 0.802. The number of anilines is 1. The molecule has 112 valence electrons. The Morgan fingerprint density at radius 2 is 1.76 bits per heavy atom. The zero-order valence-corrected chi connectivity index (χ0v) is 12.8. The van der Waals surface area contributed by atoms with Crippen molar-refractivity contribution in [1.29, 1.82) is 0 Å². The molecule has 3 rings (SSSR count). The van der Waals surface area contributed by atoms with E-state index in [2.05, 4.69) is 5.32 Å². The van der Waals surface area contributed by atoms with Crippen LogP contribution in [0.25, 0.3) is 0 Å². The van der Waals surface area contributed by atoms with Crippen LogP contribution < -0.4 is 10.2 Å². The van der Waals surface area contributed by atoms with Crippen LogP contribution in [0.1, 0.15) is 24.0 Å². The maximum Gasteiger partial charge on any atom is 0.331 e. The van der Waals surface area contributed by atoms with E-state index in [9.17, 15) is 9.59 Å². The number of hydrogen-bond acceptors (Lipinski definition) is 3. The summed E-state index contributed by atoms with van der Waals surface area (Å²) < 4.78 is 0. The Kier molecular flexibility index (Phi) is 3.24. The van der Waals surface area contributed by atoms with Gasteiger partial charge in [0.2, 0.25) is 0 Å². The van der Waals surface area contributed by atoms with Gasteiger partial charge in [-0.1, -0.05) is 6.07 Å². The molecule has 2 heterocycles. The summed E-state index contributed by atoms with van der Waals surface area (Å²) >= 11 is 0. The Labute approximate surface area is 124 Å². The lowest BCUT2D eigenvalue weighted by atomic mass is 9.86. The van der Waals surface area contributed by atoms with Gasteiger partial charge in [0.1, 0.15) is 5.54 Å². The second-order valence-corrected chi connectivity index (χ2v) is 6.03. The second kappa shape index (κ2) is 4.84. The first-order chi connectivity index (χ1) is 9.97. The van der Waals surface area contributed by atoms with Crippen LogP contribution >= 0.6 is 0 Å². The summed E-state index contributed by atoms with van der Waals surface area (Å²) in [7, 11) is 1.58. The Hall–Kier alpha value is -1.88. The van der Waals surface area contributed by atoms with Crippen LogP contribution in [-0.4, -0.2) is 42.5 Å². The fraction of sp³-hybridized carbons (Fsp3) is 0.500. The Morgan fingerprint density at radius 1 is 1.10 bits per heavy atom. The molecule has 2 aliphatic heterocycles. The summed E-state index contributed by atoms with van der Waals surface area (Å²) in [6.45, 7) is 5.59. The first kappa shape index (κ1) is 14.1. The number of urea groups is 1. The predicted molar refractivity (Wildman–Crippen MR) is 81.4 cm³/mol. The number of nitrogens with one attached hydrogen (secondary N) is 1. The van der Waals surface area contributed by atoms with Gasteiger partial charge in [-0.05, 0) is 63.0 Å². The van der Waals surface area contributed by atoms with E-state index in [4.69, 9.17) is 0 Å². The van der Waals surface area contributed by atoms with Crippen molar-refractivity contribution in [2.75, 3.05) is 25.0 Å². The third-order valence-corrected chi connectivity index (χ3v) is 4.79. The molecule has 0 bridgehead atoms. The third-order valence-electron chi connectivity index (χ3n) is 4.79. The molecule has 1 aromatic rings. The number of amides is 3. The molecule has 0 aromatic heterocycles.